The molecular weight excluding hydrogens is 310 g/mol. The lowest BCUT2D eigenvalue weighted by atomic mass is 10.0. The minimum atomic E-state index is -0.435. The Bertz CT molecular complexity index is 610. The molecule has 0 N–H and O–H groups in total. The summed E-state index contributed by atoms with van der Waals surface area (Å²) in [4.78, 5) is 4.48. The van der Waals surface area contributed by atoms with Crippen molar-refractivity contribution in [1.29, 1.82) is 0 Å². The van der Waals surface area contributed by atoms with Crippen LogP contribution in [0.2, 0.25) is 5.02 Å². The molecule has 1 atom stereocenters. The minimum Gasteiger partial charge on any atom is -0.324 e. The molecule has 0 aliphatic heterocycles. The zero-order valence-corrected chi connectivity index (χ0v) is 14.0. The third kappa shape index (κ3) is 3.51. The van der Waals surface area contributed by atoms with Crippen molar-refractivity contribution >= 4 is 34.2 Å². The van der Waals surface area contributed by atoms with Crippen molar-refractivity contribution in [3.8, 4) is 0 Å². The highest BCUT2D eigenvalue weighted by Gasteiger charge is 2.19. The molecule has 0 amide bonds. The lowest BCUT2D eigenvalue weighted by Gasteiger charge is -2.21. The van der Waals surface area contributed by atoms with E-state index in [1.54, 1.807) is 6.07 Å². The number of benzene rings is 1. The third-order valence-electron chi connectivity index (χ3n) is 3.80. The van der Waals surface area contributed by atoms with Crippen molar-refractivity contribution in [3.05, 3.63) is 28.8 Å². The van der Waals surface area contributed by atoms with E-state index in [1.807, 2.05) is 0 Å². The number of alkyl halides is 1. The summed E-state index contributed by atoms with van der Waals surface area (Å²) in [7, 11) is 0. The molecule has 1 aromatic carbocycles. The first-order valence-electron chi connectivity index (χ1n) is 7.54. The molecule has 0 aliphatic rings. The summed E-state index contributed by atoms with van der Waals surface area (Å²) in [6.45, 7) is 4.36. The minimum absolute atomic E-state index is 0.135. The molecular formula is C16H21Cl2FN2. The van der Waals surface area contributed by atoms with Crippen molar-refractivity contribution < 1.29 is 4.39 Å². The molecule has 0 saturated carbocycles. The van der Waals surface area contributed by atoms with Gasteiger partial charge < -0.3 is 4.57 Å². The number of nitrogens with zero attached hydrogens (tertiary/aromatic N) is 2. The summed E-state index contributed by atoms with van der Waals surface area (Å²) in [6, 6.07) is 3.41. The van der Waals surface area contributed by atoms with Crippen LogP contribution >= 0.6 is 23.2 Å². The largest absolute Gasteiger partial charge is 0.324 e. The molecule has 2 nitrogen and oxygen atoms in total. The van der Waals surface area contributed by atoms with E-state index in [1.165, 1.54) is 6.07 Å². The van der Waals surface area contributed by atoms with Crippen molar-refractivity contribution in [3.63, 3.8) is 0 Å². The van der Waals surface area contributed by atoms with Gasteiger partial charge in [-0.2, -0.15) is 0 Å². The molecule has 0 saturated heterocycles. The van der Waals surface area contributed by atoms with E-state index in [0.29, 0.717) is 17.4 Å². The van der Waals surface area contributed by atoms with E-state index >= 15 is 0 Å². The number of aromatic nitrogens is 2. The number of rotatable bonds is 7. The first-order valence-corrected chi connectivity index (χ1v) is 8.45. The zero-order chi connectivity index (χ0) is 15.4. The molecule has 0 spiro atoms. The standard InChI is InChI=1S/C16H21Cl2FN2/c1-3-5-7-11(6-4-2)21-15-8-12(18)13(19)9-14(15)20-16(21)10-17/h8-9,11H,3-7,10H2,1-2H3. The SMILES string of the molecule is CCCCC(CCC)n1c(CCl)nc2cc(F)c(Cl)cc21. The van der Waals surface area contributed by atoms with Gasteiger partial charge in [0, 0.05) is 12.1 Å². The van der Waals surface area contributed by atoms with Crippen LogP contribution in [0.4, 0.5) is 4.39 Å². The summed E-state index contributed by atoms with van der Waals surface area (Å²) >= 11 is 12.0. The maximum absolute atomic E-state index is 13.6. The molecule has 0 aliphatic carbocycles. The average molecular weight is 331 g/mol. The Labute approximate surface area is 135 Å². The molecule has 2 aromatic rings. The topological polar surface area (TPSA) is 17.8 Å². The van der Waals surface area contributed by atoms with Gasteiger partial charge in [-0.1, -0.05) is 44.7 Å². The average Bonchev–Trinajstić information content (AvgIpc) is 2.81. The predicted octanol–water partition coefficient (Wildman–Crippen LogP) is 6.10. The van der Waals surface area contributed by atoms with Gasteiger partial charge in [-0.05, 0) is 18.9 Å². The number of hydrogen-bond donors (Lipinski definition) is 0. The predicted molar refractivity (Wildman–Crippen MR) is 87.7 cm³/mol. The van der Waals surface area contributed by atoms with Crippen LogP contribution in [-0.4, -0.2) is 9.55 Å². The number of halogens is 3. The van der Waals surface area contributed by atoms with Crippen LogP contribution < -0.4 is 0 Å². The van der Waals surface area contributed by atoms with Crippen LogP contribution in [0.1, 0.15) is 57.8 Å². The lowest BCUT2D eigenvalue weighted by Crippen LogP contribution is -2.12. The second kappa shape index (κ2) is 7.46. The summed E-state index contributed by atoms with van der Waals surface area (Å²) < 4.78 is 15.8. The van der Waals surface area contributed by atoms with Gasteiger partial charge >= 0.3 is 0 Å². The van der Waals surface area contributed by atoms with Crippen molar-refractivity contribution in [2.75, 3.05) is 0 Å². The first kappa shape index (κ1) is 16.6. The van der Waals surface area contributed by atoms with Crippen LogP contribution in [0.25, 0.3) is 11.0 Å². The van der Waals surface area contributed by atoms with Crippen LogP contribution in [0.15, 0.2) is 12.1 Å². The monoisotopic (exact) mass is 330 g/mol. The van der Waals surface area contributed by atoms with Crippen molar-refractivity contribution in [2.45, 2.75) is 57.9 Å². The number of unbranched alkanes of at least 4 members (excludes halogenated alkanes) is 1. The molecule has 1 unspecified atom stereocenters. The van der Waals surface area contributed by atoms with Crippen LogP contribution in [0, 0.1) is 5.82 Å². The zero-order valence-electron chi connectivity index (χ0n) is 12.5. The van der Waals surface area contributed by atoms with Crippen LogP contribution in [-0.2, 0) is 5.88 Å². The highest BCUT2D eigenvalue weighted by molar-refractivity contribution is 6.31. The van der Waals surface area contributed by atoms with E-state index < -0.39 is 5.82 Å². The third-order valence-corrected chi connectivity index (χ3v) is 4.33. The highest BCUT2D eigenvalue weighted by Crippen LogP contribution is 2.31. The van der Waals surface area contributed by atoms with Crippen LogP contribution in [0.5, 0.6) is 0 Å². The summed E-state index contributed by atoms with van der Waals surface area (Å²) in [6.07, 6.45) is 5.53. The van der Waals surface area contributed by atoms with Crippen molar-refractivity contribution in [1.82, 2.24) is 9.55 Å². The van der Waals surface area contributed by atoms with Crippen LogP contribution in [0.3, 0.4) is 0 Å². The normalized spacial score (nSPS) is 13.0. The second-order valence-electron chi connectivity index (χ2n) is 5.37. The lowest BCUT2D eigenvalue weighted by molar-refractivity contribution is 0.418. The Balaban J connectivity index is 2.54. The van der Waals surface area contributed by atoms with Gasteiger partial charge in [0.15, 0.2) is 0 Å². The summed E-state index contributed by atoms with van der Waals surface area (Å²) in [5.74, 6) is 0.679. The Hall–Kier alpha value is -0.800. The first-order chi connectivity index (χ1) is 10.1. The number of hydrogen-bond acceptors (Lipinski definition) is 1. The fraction of sp³-hybridized carbons (Fsp3) is 0.562. The maximum Gasteiger partial charge on any atom is 0.144 e. The Morgan fingerprint density at radius 2 is 2.00 bits per heavy atom. The maximum atomic E-state index is 13.6. The molecule has 0 fully saturated rings. The molecule has 1 heterocycles. The summed E-state index contributed by atoms with van der Waals surface area (Å²) in [5, 5.41) is 0.135. The van der Waals surface area contributed by atoms with E-state index in [9.17, 15) is 4.39 Å². The van der Waals surface area contributed by atoms with Gasteiger partial charge in [-0.3, -0.25) is 0 Å². The molecule has 1 aromatic heterocycles. The fourth-order valence-electron chi connectivity index (χ4n) is 2.82. The van der Waals surface area contributed by atoms with E-state index in [2.05, 4.69) is 23.4 Å². The summed E-state index contributed by atoms with van der Waals surface area (Å²) in [5.41, 5.74) is 1.51. The quantitative estimate of drug-likeness (QED) is 0.561. The van der Waals surface area contributed by atoms with Crippen molar-refractivity contribution in [2.24, 2.45) is 0 Å². The number of imidazole rings is 1. The van der Waals surface area contributed by atoms with Gasteiger partial charge in [-0.25, -0.2) is 9.37 Å². The smallest absolute Gasteiger partial charge is 0.144 e. The Morgan fingerprint density at radius 1 is 1.24 bits per heavy atom. The Morgan fingerprint density at radius 3 is 2.62 bits per heavy atom. The van der Waals surface area contributed by atoms with Gasteiger partial charge in [0.25, 0.3) is 0 Å². The van der Waals surface area contributed by atoms with E-state index in [4.69, 9.17) is 23.2 Å². The van der Waals surface area contributed by atoms with Gasteiger partial charge in [0.2, 0.25) is 0 Å². The van der Waals surface area contributed by atoms with Gasteiger partial charge in [0.05, 0.1) is 21.9 Å². The van der Waals surface area contributed by atoms with Gasteiger partial charge in [0.1, 0.15) is 11.6 Å². The fourth-order valence-corrected chi connectivity index (χ4v) is 3.16. The molecule has 0 bridgehead atoms. The van der Waals surface area contributed by atoms with E-state index in [-0.39, 0.29) is 5.02 Å². The molecule has 2 rings (SSSR count). The Kier molecular flexibility index (Phi) is 5.88. The molecule has 116 valence electrons. The molecule has 0 radical (unpaired) electrons. The van der Waals surface area contributed by atoms with E-state index in [0.717, 1.165) is 43.4 Å². The molecule has 5 heteroatoms. The second-order valence-corrected chi connectivity index (χ2v) is 6.05. The number of fused-ring (bicyclic) bond motifs is 1. The molecule has 21 heavy (non-hydrogen) atoms. The highest BCUT2D eigenvalue weighted by atomic mass is 35.5. The van der Waals surface area contributed by atoms with Gasteiger partial charge in [-0.15, -0.1) is 11.6 Å².